The van der Waals surface area contributed by atoms with Crippen LogP contribution in [0.4, 0.5) is 0 Å². The number of H-pyrrole nitrogens is 1. The molecule has 1 saturated heterocycles. The predicted octanol–water partition coefficient (Wildman–Crippen LogP) is 2.49. The Hall–Kier alpha value is -2.48. The Morgan fingerprint density at radius 3 is 2.96 bits per heavy atom. The lowest BCUT2D eigenvalue weighted by Gasteiger charge is -2.29. The molecule has 8 heteroatoms. The van der Waals surface area contributed by atoms with Crippen LogP contribution in [0.25, 0.3) is 0 Å². The third-order valence-corrected chi connectivity index (χ3v) is 6.32. The largest absolute Gasteiger partial charge is 0.333 e. The van der Waals surface area contributed by atoms with Crippen LogP contribution in [0.3, 0.4) is 0 Å². The van der Waals surface area contributed by atoms with Crippen LogP contribution in [-0.4, -0.2) is 44.7 Å². The molecule has 0 spiro atoms. The fourth-order valence-electron chi connectivity index (χ4n) is 4.04. The molecular weight excluding hydrogens is 376 g/mol. The average Bonchev–Trinajstić information content (AvgIpc) is 3.39. The zero-order valence-corrected chi connectivity index (χ0v) is 16.8. The number of nitrogens with zero attached hydrogens (tertiary/aromatic N) is 3. The predicted molar refractivity (Wildman–Crippen MR) is 106 cm³/mol. The number of hydrogen-bond acceptors (Lipinski definition) is 5. The Morgan fingerprint density at radius 2 is 2.21 bits per heavy atom. The minimum Gasteiger partial charge on any atom is -0.333 e. The molecule has 1 fully saturated rings. The summed E-state index contributed by atoms with van der Waals surface area (Å²) in [6, 6.07) is 3.50. The molecule has 0 radical (unpaired) electrons. The van der Waals surface area contributed by atoms with Crippen LogP contribution in [-0.2, 0) is 17.8 Å². The van der Waals surface area contributed by atoms with Gasteiger partial charge in [0, 0.05) is 25.9 Å². The van der Waals surface area contributed by atoms with Gasteiger partial charge in [-0.25, -0.2) is 4.98 Å². The highest BCUT2D eigenvalue weighted by Gasteiger charge is 2.33. The molecule has 28 heavy (non-hydrogen) atoms. The maximum absolute atomic E-state index is 12.8. The number of carbonyl (C=O) groups excluding carboxylic acids is 2. The summed E-state index contributed by atoms with van der Waals surface area (Å²) in [5, 5.41) is 1.87. The normalized spacial score (nSPS) is 19.0. The van der Waals surface area contributed by atoms with E-state index < -0.39 is 0 Å². The molecule has 0 aromatic carbocycles. The Labute approximate surface area is 167 Å². The van der Waals surface area contributed by atoms with Crippen molar-refractivity contribution in [2.75, 3.05) is 13.1 Å². The molecule has 4 rings (SSSR count). The monoisotopic (exact) mass is 400 g/mol. The Bertz CT molecular complexity index is 937. The second kappa shape index (κ2) is 7.87. The van der Waals surface area contributed by atoms with Crippen molar-refractivity contribution < 1.29 is 9.59 Å². The van der Waals surface area contributed by atoms with Gasteiger partial charge in [0.05, 0.1) is 28.7 Å². The summed E-state index contributed by atoms with van der Waals surface area (Å²) in [6.07, 6.45) is 3.62. The van der Waals surface area contributed by atoms with E-state index in [1.165, 1.54) is 11.3 Å². The number of amides is 2. The topological polar surface area (TPSA) is 86.4 Å². The van der Waals surface area contributed by atoms with Crippen molar-refractivity contribution in [3.63, 3.8) is 0 Å². The summed E-state index contributed by atoms with van der Waals surface area (Å²) in [7, 11) is 0. The summed E-state index contributed by atoms with van der Waals surface area (Å²) in [5.41, 5.74) is 1.12. The number of likely N-dealkylation sites (tertiary alicyclic amines) is 1. The first-order chi connectivity index (χ1) is 13.6. The first-order valence-corrected chi connectivity index (χ1v) is 10.7. The van der Waals surface area contributed by atoms with Crippen molar-refractivity contribution in [3.8, 4) is 0 Å². The van der Waals surface area contributed by atoms with E-state index in [9.17, 15) is 14.4 Å². The van der Waals surface area contributed by atoms with Gasteiger partial charge in [-0.15, -0.1) is 11.3 Å². The fraction of sp³-hybridized carbons (Fsp3) is 0.500. The highest BCUT2D eigenvalue weighted by molar-refractivity contribution is 7.12. The quantitative estimate of drug-likeness (QED) is 0.854. The molecule has 7 nitrogen and oxygen atoms in total. The number of aromatic amines is 1. The molecule has 1 atom stereocenters. The summed E-state index contributed by atoms with van der Waals surface area (Å²) < 4.78 is 0. The second-order valence-corrected chi connectivity index (χ2v) is 8.27. The lowest BCUT2D eigenvalue weighted by atomic mass is 10.1. The lowest BCUT2D eigenvalue weighted by molar-refractivity contribution is -0.132. The number of fused-ring (bicyclic) bond motifs is 1. The molecule has 2 amide bonds. The van der Waals surface area contributed by atoms with Crippen LogP contribution >= 0.6 is 11.3 Å². The molecular formula is C20H24N4O3S. The highest BCUT2D eigenvalue weighted by Crippen LogP contribution is 2.31. The minimum absolute atomic E-state index is 0.0451. The van der Waals surface area contributed by atoms with Crippen molar-refractivity contribution in [1.82, 2.24) is 19.8 Å². The lowest BCUT2D eigenvalue weighted by Crippen LogP contribution is -2.40. The molecule has 0 aliphatic carbocycles. The van der Waals surface area contributed by atoms with Crippen molar-refractivity contribution >= 4 is 23.2 Å². The molecule has 0 saturated carbocycles. The van der Waals surface area contributed by atoms with Crippen LogP contribution < -0.4 is 5.56 Å². The molecule has 2 aliphatic rings. The average molecular weight is 401 g/mol. The first kappa shape index (κ1) is 18.9. The van der Waals surface area contributed by atoms with Crippen molar-refractivity contribution in [2.24, 2.45) is 0 Å². The number of aromatic nitrogens is 2. The van der Waals surface area contributed by atoms with Gasteiger partial charge < -0.3 is 14.8 Å². The van der Waals surface area contributed by atoms with Crippen LogP contribution in [0, 0.1) is 0 Å². The zero-order valence-electron chi connectivity index (χ0n) is 15.9. The van der Waals surface area contributed by atoms with E-state index in [1.807, 2.05) is 23.3 Å². The summed E-state index contributed by atoms with van der Waals surface area (Å²) in [6.45, 7) is 3.53. The maximum atomic E-state index is 12.8. The second-order valence-electron chi connectivity index (χ2n) is 7.33. The zero-order chi connectivity index (χ0) is 19.7. The summed E-state index contributed by atoms with van der Waals surface area (Å²) in [4.78, 5) is 49.6. The summed E-state index contributed by atoms with van der Waals surface area (Å²) >= 11 is 1.41. The van der Waals surface area contributed by atoms with Crippen molar-refractivity contribution in [3.05, 3.63) is 49.8 Å². The Kier molecular flexibility index (Phi) is 5.30. The van der Waals surface area contributed by atoms with E-state index in [2.05, 4.69) is 4.98 Å². The smallest absolute Gasteiger partial charge is 0.264 e. The van der Waals surface area contributed by atoms with E-state index in [1.54, 1.807) is 11.0 Å². The number of rotatable bonds is 4. The van der Waals surface area contributed by atoms with Crippen LogP contribution in [0.1, 0.15) is 65.4 Å². The van der Waals surface area contributed by atoms with Crippen LogP contribution in [0.2, 0.25) is 0 Å². The molecule has 2 aromatic heterocycles. The van der Waals surface area contributed by atoms with Gasteiger partial charge in [0.1, 0.15) is 5.82 Å². The van der Waals surface area contributed by atoms with Gasteiger partial charge in [-0.2, -0.15) is 0 Å². The molecule has 0 unspecified atom stereocenters. The van der Waals surface area contributed by atoms with Crippen molar-refractivity contribution in [2.45, 2.75) is 51.6 Å². The Balaban J connectivity index is 1.57. The third-order valence-electron chi connectivity index (χ3n) is 5.46. The van der Waals surface area contributed by atoms with Gasteiger partial charge in [-0.1, -0.05) is 13.0 Å². The van der Waals surface area contributed by atoms with Gasteiger partial charge in [-0.3, -0.25) is 14.4 Å². The van der Waals surface area contributed by atoms with Gasteiger partial charge in [0.2, 0.25) is 5.91 Å². The summed E-state index contributed by atoms with van der Waals surface area (Å²) in [5.74, 6) is 0.665. The van der Waals surface area contributed by atoms with E-state index in [4.69, 9.17) is 4.98 Å². The van der Waals surface area contributed by atoms with E-state index in [0.29, 0.717) is 42.2 Å². The van der Waals surface area contributed by atoms with Crippen LogP contribution in [0.5, 0.6) is 0 Å². The molecule has 4 heterocycles. The fourth-order valence-corrected chi connectivity index (χ4v) is 4.73. The number of carbonyl (C=O) groups is 2. The SMILES string of the molecule is CCCC(=O)N1CCC[C@@H]1c1nc2c(c(=O)[nH]1)CN(C(=O)c1cccs1)CC2. The third kappa shape index (κ3) is 3.48. The molecule has 2 aromatic rings. The van der Waals surface area contributed by atoms with Gasteiger partial charge in [-0.05, 0) is 30.7 Å². The number of thiophene rings is 1. The van der Waals surface area contributed by atoms with Crippen LogP contribution in [0.15, 0.2) is 22.3 Å². The molecule has 0 bridgehead atoms. The minimum atomic E-state index is -0.196. The Morgan fingerprint density at radius 1 is 1.36 bits per heavy atom. The van der Waals surface area contributed by atoms with Crippen molar-refractivity contribution in [1.29, 1.82) is 0 Å². The van der Waals surface area contributed by atoms with Gasteiger partial charge >= 0.3 is 0 Å². The molecule has 1 N–H and O–H groups in total. The standard InChI is InChI=1S/C20H24N4O3S/c1-2-5-17(25)24-9-3-6-15(24)18-21-14-8-10-23(12-13(14)19(26)22-18)20(27)16-7-4-11-28-16/h4,7,11,15H,2-3,5-6,8-10,12H2,1H3,(H,21,22,26)/t15-/m1/s1. The van der Waals surface area contributed by atoms with Gasteiger partial charge in [0.15, 0.2) is 0 Å². The number of hydrogen-bond donors (Lipinski definition) is 1. The highest BCUT2D eigenvalue weighted by atomic mass is 32.1. The van der Waals surface area contributed by atoms with E-state index in [-0.39, 0.29) is 30.0 Å². The molecule has 2 aliphatic heterocycles. The number of nitrogens with one attached hydrogen (secondary N) is 1. The van der Waals surface area contributed by atoms with Gasteiger partial charge in [0.25, 0.3) is 11.5 Å². The van der Waals surface area contributed by atoms with E-state index >= 15 is 0 Å². The van der Waals surface area contributed by atoms with E-state index in [0.717, 1.165) is 25.0 Å². The molecule has 148 valence electrons. The maximum Gasteiger partial charge on any atom is 0.264 e. The first-order valence-electron chi connectivity index (χ1n) is 9.82.